The molecule has 1 amide bonds. The number of benzene rings is 3. The molecule has 3 aromatic carbocycles. The molecular formula is C28H23N5O4. The Morgan fingerprint density at radius 1 is 1.08 bits per heavy atom. The SMILES string of the molecule is COC(=O)c1ccc2c(=O)n([C@@H]3N=C(c4ccccc4)c4cc(N)cc5c4N(CC5)C3=O)c(C)nc2c1. The van der Waals surface area contributed by atoms with Gasteiger partial charge in [-0.1, -0.05) is 30.3 Å². The maximum absolute atomic E-state index is 14.0. The standard InChI is InChI=1S/C28H23N5O4/c1-15-30-22-13-18(28(36)37-2)8-9-20(22)26(34)33(15)25-27(35)32-11-10-17-12-19(29)14-21(24(17)32)23(31-25)16-6-4-3-5-7-16/h3-9,12-14,25H,10-11,29H2,1-2H3/t25-/m0/s1. The van der Waals surface area contributed by atoms with Gasteiger partial charge in [0.25, 0.3) is 11.5 Å². The number of methoxy groups -OCH3 is 1. The molecule has 2 N–H and O–H groups in total. The number of aromatic nitrogens is 2. The summed E-state index contributed by atoms with van der Waals surface area (Å²) in [5.74, 6) is -0.532. The number of anilines is 2. The molecule has 1 aromatic heterocycles. The molecule has 0 saturated carbocycles. The summed E-state index contributed by atoms with van der Waals surface area (Å²) >= 11 is 0. The summed E-state index contributed by atoms with van der Waals surface area (Å²) in [6, 6.07) is 17.8. The fraction of sp³-hybridized carbons (Fsp3) is 0.179. The van der Waals surface area contributed by atoms with Crippen LogP contribution < -0.4 is 16.2 Å². The number of amides is 1. The molecule has 4 aromatic rings. The molecule has 0 unspecified atom stereocenters. The summed E-state index contributed by atoms with van der Waals surface area (Å²) in [5.41, 5.74) is 11.0. The van der Waals surface area contributed by atoms with E-state index >= 15 is 0 Å². The summed E-state index contributed by atoms with van der Waals surface area (Å²) in [4.78, 5) is 51.0. The highest BCUT2D eigenvalue weighted by atomic mass is 16.5. The molecule has 9 nitrogen and oxygen atoms in total. The number of hydrogen-bond acceptors (Lipinski definition) is 7. The molecule has 2 aliphatic heterocycles. The third-order valence-corrected chi connectivity index (χ3v) is 6.87. The van der Waals surface area contributed by atoms with Gasteiger partial charge in [0, 0.05) is 23.4 Å². The Hall–Kier alpha value is -4.79. The minimum absolute atomic E-state index is 0.274. The second-order valence-electron chi connectivity index (χ2n) is 9.09. The fourth-order valence-corrected chi connectivity index (χ4v) is 5.20. The lowest BCUT2D eigenvalue weighted by molar-refractivity contribution is -0.121. The Balaban J connectivity index is 1.61. The Kier molecular flexibility index (Phi) is 5.15. The van der Waals surface area contributed by atoms with Gasteiger partial charge >= 0.3 is 5.97 Å². The molecule has 0 bridgehead atoms. The average molecular weight is 494 g/mol. The zero-order chi connectivity index (χ0) is 25.8. The van der Waals surface area contributed by atoms with E-state index in [0.29, 0.717) is 35.7 Å². The smallest absolute Gasteiger partial charge is 0.337 e. The van der Waals surface area contributed by atoms with Crippen molar-refractivity contribution in [2.45, 2.75) is 19.5 Å². The number of aryl methyl sites for hydroxylation is 1. The van der Waals surface area contributed by atoms with Gasteiger partial charge in [-0.05, 0) is 49.2 Å². The van der Waals surface area contributed by atoms with Crippen molar-refractivity contribution >= 4 is 39.9 Å². The van der Waals surface area contributed by atoms with E-state index in [1.165, 1.54) is 29.9 Å². The van der Waals surface area contributed by atoms with Gasteiger partial charge < -0.3 is 15.4 Å². The topological polar surface area (TPSA) is 120 Å². The maximum Gasteiger partial charge on any atom is 0.337 e. The predicted molar refractivity (Wildman–Crippen MR) is 140 cm³/mol. The number of hydrogen-bond donors (Lipinski definition) is 1. The molecule has 3 heterocycles. The van der Waals surface area contributed by atoms with Crippen LogP contribution >= 0.6 is 0 Å². The van der Waals surface area contributed by atoms with Crippen LogP contribution in [0.5, 0.6) is 0 Å². The lowest BCUT2D eigenvalue weighted by Gasteiger charge is -2.23. The zero-order valence-electron chi connectivity index (χ0n) is 20.3. The van der Waals surface area contributed by atoms with E-state index in [9.17, 15) is 14.4 Å². The summed E-state index contributed by atoms with van der Waals surface area (Å²) < 4.78 is 6.12. The van der Waals surface area contributed by atoms with E-state index in [4.69, 9.17) is 15.5 Å². The van der Waals surface area contributed by atoms with Gasteiger partial charge in [0.15, 0.2) is 0 Å². The van der Waals surface area contributed by atoms with Crippen LogP contribution in [0.15, 0.2) is 70.5 Å². The largest absolute Gasteiger partial charge is 0.465 e. The number of nitrogen functional groups attached to an aromatic ring is 1. The van der Waals surface area contributed by atoms with Gasteiger partial charge in [-0.3, -0.25) is 14.2 Å². The number of nitrogens with zero attached hydrogens (tertiary/aromatic N) is 4. The van der Waals surface area contributed by atoms with Crippen molar-refractivity contribution in [3.05, 3.63) is 99.1 Å². The molecule has 0 spiro atoms. The number of ether oxygens (including phenoxy) is 1. The number of nitrogens with two attached hydrogens (primary N) is 1. The van der Waals surface area contributed by atoms with Crippen molar-refractivity contribution in [2.24, 2.45) is 4.99 Å². The highest BCUT2D eigenvalue weighted by molar-refractivity contribution is 6.21. The zero-order valence-corrected chi connectivity index (χ0v) is 20.3. The number of carbonyl (C=O) groups excluding carboxylic acids is 2. The van der Waals surface area contributed by atoms with Crippen molar-refractivity contribution in [1.29, 1.82) is 0 Å². The van der Waals surface area contributed by atoms with Crippen LogP contribution in [0.4, 0.5) is 11.4 Å². The molecule has 1 atom stereocenters. The Morgan fingerprint density at radius 2 is 1.86 bits per heavy atom. The molecule has 2 aliphatic rings. The second kappa shape index (κ2) is 8.41. The Labute approximate surface area is 211 Å². The molecule has 37 heavy (non-hydrogen) atoms. The van der Waals surface area contributed by atoms with E-state index in [-0.39, 0.29) is 16.9 Å². The number of carbonyl (C=O) groups is 2. The molecular weight excluding hydrogens is 470 g/mol. The predicted octanol–water partition coefficient (Wildman–Crippen LogP) is 3.01. The highest BCUT2D eigenvalue weighted by Crippen LogP contribution is 2.39. The lowest BCUT2D eigenvalue weighted by Crippen LogP contribution is -2.39. The first-order valence-corrected chi connectivity index (χ1v) is 11.9. The maximum atomic E-state index is 14.0. The van der Waals surface area contributed by atoms with Gasteiger partial charge in [0.1, 0.15) is 5.82 Å². The van der Waals surface area contributed by atoms with Crippen molar-refractivity contribution in [3.63, 3.8) is 0 Å². The van der Waals surface area contributed by atoms with E-state index in [0.717, 1.165) is 22.4 Å². The van der Waals surface area contributed by atoms with Gasteiger partial charge in [0.2, 0.25) is 6.17 Å². The van der Waals surface area contributed by atoms with E-state index < -0.39 is 17.7 Å². The van der Waals surface area contributed by atoms with Crippen LogP contribution in [0.25, 0.3) is 10.9 Å². The quantitative estimate of drug-likeness (QED) is 0.346. The number of fused-ring (bicyclic) bond motifs is 1. The summed E-state index contributed by atoms with van der Waals surface area (Å²) in [7, 11) is 1.29. The number of aliphatic imine (C=N–C) groups is 1. The van der Waals surface area contributed by atoms with Crippen molar-refractivity contribution < 1.29 is 14.3 Å². The lowest BCUT2D eigenvalue weighted by atomic mass is 9.97. The number of esters is 1. The summed E-state index contributed by atoms with van der Waals surface area (Å²) in [6.45, 7) is 2.12. The van der Waals surface area contributed by atoms with Gasteiger partial charge in [-0.2, -0.15) is 0 Å². The molecule has 0 aliphatic carbocycles. The third-order valence-electron chi connectivity index (χ3n) is 6.87. The minimum Gasteiger partial charge on any atom is -0.465 e. The Bertz CT molecular complexity index is 1710. The Morgan fingerprint density at radius 3 is 2.62 bits per heavy atom. The molecule has 0 saturated heterocycles. The normalized spacial score (nSPS) is 16.4. The van der Waals surface area contributed by atoms with E-state index in [1.807, 2.05) is 42.5 Å². The van der Waals surface area contributed by atoms with Crippen LogP contribution in [-0.2, 0) is 16.0 Å². The van der Waals surface area contributed by atoms with Crippen LogP contribution in [0, 0.1) is 6.92 Å². The van der Waals surface area contributed by atoms with Crippen molar-refractivity contribution in [2.75, 3.05) is 24.3 Å². The van der Waals surface area contributed by atoms with Crippen molar-refractivity contribution in [3.8, 4) is 0 Å². The first-order valence-electron chi connectivity index (χ1n) is 11.9. The number of rotatable bonds is 3. The third kappa shape index (κ3) is 3.50. The minimum atomic E-state index is -1.17. The molecule has 6 rings (SSSR count). The van der Waals surface area contributed by atoms with Crippen molar-refractivity contribution in [1.82, 2.24) is 9.55 Å². The first-order chi connectivity index (χ1) is 17.9. The summed E-state index contributed by atoms with van der Waals surface area (Å²) in [5, 5.41) is 0.274. The van der Waals surface area contributed by atoms with Crippen LogP contribution in [-0.4, -0.2) is 40.8 Å². The monoisotopic (exact) mass is 493 g/mol. The fourth-order valence-electron chi connectivity index (χ4n) is 5.20. The molecule has 0 fully saturated rings. The van der Waals surface area contributed by atoms with E-state index in [1.54, 1.807) is 11.8 Å². The molecule has 0 radical (unpaired) electrons. The second-order valence-corrected chi connectivity index (χ2v) is 9.09. The van der Waals surface area contributed by atoms with E-state index in [2.05, 4.69) is 4.98 Å². The average Bonchev–Trinajstić information content (AvgIpc) is 3.28. The first kappa shape index (κ1) is 22.7. The highest BCUT2D eigenvalue weighted by Gasteiger charge is 2.38. The molecule has 184 valence electrons. The van der Waals surface area contributed by atoms with Crippen LogP contribution in [0.2, 0.25) is 0 Å². The van der Waals surface area contributed by atoms with Gasteiger partial charge in [-0.15, -0.1) is 0 Å². The van der Waals surface area contributed by atoms with Gasteiger partial charge in [0.05, 0.1) is 35.0 Å². The molecule has 9 heteroatoms. The van der Waals surface area contributed by atoms with Crippen LogP contribution in [0.3, 0.4) is 0 Å². The summed E-state index contributed by atoms with van der Waals surface area (Å²) in [6.07, 6.45) is -0.506. The van der Waals surface area contributed by atoms with Crippen LogP contribution in [0.1, 0.15) is 39.0 Å². The van der Waals surface area contributed by atoms with Gasteiger partial charge in [-0.25, -0.2) is 14.8 Å².